The van der Waals surface area contributed by atoms with Crippen LogP contribution in [0.2, 0.25) is 5.02 Å². The van der Waals surface area contributed by atoms with Crippen LogP contribution in [-0.4, -0.2) is 18.0 Å². The molecule has 0 N–H and O–H groups in total. The van der Waals surface area contributed by atoms with Gasteiger partial charge < -0.3 is 9.47 Å². The molecule has 0 radical (unpaired) electrons. The number of ether oxygens (including phenoxy) is 2. The average Bonchev–Trinajstić information content (AvgIpc) is 2.46. The van der Waals surface area contributed by atoms with E-state index in [4.69, 9.17) is 21.1 Å². The first-order valence-corrected chi connectivity index (χ1v) is 7.37. The summed E-state index contributed by atoms with van der Waals surface area (Å²) in [6.07, 6.45) is 0. The van der Waals surface area contributed by atoms with Crippen LogP contribution >= 0.6 is 34.2 Å². The van der Waals surface area contributed by atoms with Crippen molar-refractivity contribution < 1.29 is 19.2 Å². The Morgan fingerprint density at radius 1 is 1.23 bits per heavy atom. The minimum absolute atomic E-state index is 0.0209. The van der Waals surface area contributed by atoms with Crippen LogP contribution in [0.5, 0.6) is 11.5 Å². The van der Waals surface area contributed by atoms with Crippen LogP contribution in [0.25, 0.3) is 0 Å². The van der Waals surface area contributed by atoms with E-state index < -0.39 is 10.9 Å². The van der Waals surface area contributed by atoms with E-state index >= 15 is 0 Å². The summed E-state index contributed by atoms with van der Waals surface area (Å²) < 4.78 is 10.9. The maximum Gasteiger partial charge on any atom is 0.344 e. The van der Waals surface area contributed by atoms with Crippen molar-refractivity contribution in [3.05, 3.63) is 60.7 Å². The molecule has 0 saturated carbocycles. The topological polar surface area (TPSA) is 78.7 Å². The van der Waals surface area contributed by atoms with E-state index in [9.17, 15) is 14.9 Å². The molecule has 0 aliphatic rings. The molecule has 0 atom stereocenters. The molecule has 8 heteroatoms. The molecule has 114 valence electrons. The molecule has 0 aromatic heterocycles. The lowest BCUT2D eigenvalue weighted by Crippen LogP contribution is -2.11. The molecule has 6 nitrogen and oxygen atoms in total. The third-order valence-corrected chi connectivity index (χ3v) is 3.84. The third kappa shape index (κ3) is 3.66. The van der Waals surface area contributed by atoms with Gasteiger partial charge in [0.15, 0.2) is 11.5 Å². The van der Waals surface area contributed by atoms with E-state index in [0.717, 1.165) is 6.07 Å². The fourth-order valence-electron chi connectivity index (χ4n) is 1.67. The number of carbonyl (C=O) groups excluding carboxylic acids is 1. The van der Waals surface area contributed by atoms with Crippen LogP contribution in [0.3, 0.4) is 0 Å². The molecule has 0 aliphatic heterocycles. The highest BCUT2D eigenvalue weighted by molar-refractivity contribution is 14.1. The van der Waals surface area contributed by atoms with E-state index in [1.807, 2.05) is 22.6 Å². The Bertz CT molecular complexity index is 750. The summed E-state index contributed by atoms with van der Waals surface area (Å²) in [7, 11) is 1.38. The Kier molecular flexibility index (Phi) is 5.19. The first kappa shape index (κ1) is 16.5. The Morgan fingerprint density at radius 3 is 2.55 bits per heavy atom. The van der Waals surface area contributed by atoms with Gasteiger partial charge in [0.05, 0.1) is 23.7 Å². The van der Waals surface area contributed by atoms with Crippen molar-refractivity contribution in [1.29, 1.82) is 0 Å². The monoisotopic (exact) mass is 433 g/mol. The molecule has 2 aromatic carbocycles. The Labute approximate surface area is 144 Å². The maximum absolute atomic E-state index is 12.2. The summed E-state index contributed by atoms with van der Waals surface area (Å²) in [4.78, 5) is 22.4. The molecule has 0 spiro atoms. The Morgan fingerprint density at radius 2 is 1.95 bits per heavy atom. The van der Waals surface area contributed by atoms with Crippen molar-refractivity contribution in [3.63, 3.8) is 0 Å². The second-order valence-corrected chi connectivity index (χ2v) is 5.70. The second-order valence-electron chi connectivity index (χ2n) is 4.11. The average molecular weight is 434 g/mol. The molecule has 0 unspecified atom stereocenters. The normalized spacial score (nSPS) is 10.1. The Hall–Kier alpha value is -1.87. The number of esters is 1. The number of non-ortho nitro benzene ring substituents is 1. The summed E-state index contributed by atoms with van der Waals surface area (Å²) in [5.41, 5.74) is 0.105. The number of halogens is 2. The molecule has 0 bridgehead atoms. The van der Waals surface area contributed by atoms with Crippen LogP contribution < -0.4 is 9.47 Å². The molecular formula is C14H9ClINO5. The molecule has 0 saturated heterocycles. The second kappa shape index (κ2) is 6.93. The summed E-state index contributed by atoms with van der Waals surface area (Å²) in [6.45, 7) is 0. The molecule has 2 rings (SSSR count). The molecular weight excluding hydrogens is 425 g/mol. The van der Waals surface area contributed by atoms with Crippen LogP contribution in [0.15, 0.2) is 36.4 Å². The summed E-state index contributed by atoms with van der Waals surface area (Å²) in [5.74, 6) is -0.449. The van der Waals surface area contributed by atoms with Crippen molar-refractivity contribution in [2.24, 2.45) is 0 Å². The van der Waals surface area contributed by atoms with Crippen molar-refractivity contribution in [3.8, 4) is 11.5 Å². The van der Waals surface area contributed by atoms with Gasteiger partial charge in [0, 0.05) is 14.7 Å². The summed E-state index contributed by atoms with van der Waals surface area (Å²) in [5, 5.41) is 11.3. The van der Waals surface area contributed by atoms with Crippen molar-refractivity contribution in [2.75, 3.05) is 7.11 Å². The van der Waals surface area contributed by atoms with Gasteiger partial charge in [-0.25, -0.2) is 4.79 Å². The summed E-state index contributed by atoms with van der Waals surface area (Å²) >= 11 is 7.79. The first-order chi connectivity index (χ1) is 10.4. The number of benzene rings is 2. The van der Waals surface area contributed by atoms with E-state index in [1.54, 1.807) is 12.1 Å². The lowest BCUT2D eigenvalue weighted by atomic mass is 10.2. The van der Waals surface area contributed by atoms with Crippen LogP contribution in [-0.2, 0) is 0 Å². The highest BCUT2D eigenvalue weighted by Gasteiger charge is 2.18. The number of hydrogen-bond acceptors (Lipinski definition) is 5. The fraction of sp³-hybridized carbons (Fsp3) is 0.0714. The van der Waals surface area contributed by atoms with Crippen LogP contribution in [0.4, 0.5) is 5.69 Å². The highest BCUT2D eigenvalue weighted by atomic mass is 127. The Balaban J connectivity index is 2.34. The van der Waals surface area contributed by atoms with Gasteiger partial charge in [-0.1, -0.05) is 11.6 Å². The lowest BCUT2D eigenvalue weighted by Gasteiger charge is -2.10. The van der Waals surface area contributed by atoms with Gasteiger partial charge >= 0.3 is 5.97 Å². The predicted molar refractivity (Wildman–Crippen MR) is 88.8 cm³/mol. The number of carbonyl (C=O) groups is 1. The van der Waals surface area contributed by atoms with Gasteiger partial charge in [-0.05, 0) is 46.9 Å². The zero-order chi connectivity index (χ0) is 16.3. The number of nitrogens with zero attached hydrogens (tertiary/aromatic N) is 1. The van der Waals surface area contributed by atoms with Crippen LogP contribution in [0, 0.1) is 13.7 Å². The van der Waals surface area contributed by atoms with Gasteiger partial charge in [-0.3, -0.25) is 10.1 Å². The van der Waals surface area contributed by atoms with Gasteiger partial charge in [0.25, 0.3) is 5.69 Å². The molecule has 0 heterocycles. The smallest absolute Gasteiger partial charge is 0.344 e. The number of nitro groups is 1. The zero-order valence-corrected chi connectivity index (χ0v) is 14.1. The number of hydrogen-bond donors (Lipinski definition) is 0. The van der Waals surface area contributed by atoms with Gasteiger partial charge in [-0.2, -0.15) is 0 Å². The quantitative estimate of drug-likeness (QED) is 0.239. The van der Waals surface area contributed by atoms with Crippen molar-refractivity contribution in [2.45, 2.75) is 0 Å². The van der Waals surface area contributed by atoms with Crippen molar-refractivity contribution >= 4 is 45.8 Å². The van der Waals surface area contributed by atoms with Gasteiger partial charge in [0.2, 0.25) is 0 Å². The molecule has 2 aromatic rings. The van der Waals surface area contributed by atoms with E-state index in [-0.39, 0.29) is 17.2 Å². The lowest BCUT2D eigenvalue weighted by molar-refractivity contribution is -0.384. The van der Waals surface area contributed by atoms with Crippen molar-refractivity contribution in [1.82, 2.24) is 0 Å². The van der Waals surface area contributed by atoms with E-state index in [1.165, 1.54) is 25.3 Å². The zero-order valence-electron chi connectivity index (χ0n) is 11.2. The highest BCUT2D eigenvalue weighted by Crippen LogP contribution is 2.32. The fourth-order valence-corrected chi connectivity index (χ4v) is 2.76. The molecule has 22 heavy (non-hydrogen) atoms. The van der Waals surface area contributed by atoms with Gasteiger partial charge in [-0.15, -0.1) is 0 Å². The van der Waals surface area contributed by atoms with Crippen LogP contribution in [0.1, 0.15) is 10.4 Å². The van der Waals surface area contributed by atoms with Gasteiger partial charge in [0.1, 0.15) is 0 Å². The molecule has 0 fully saturated rings. The standard InChI is InChI=1S/C14H9ClINO5/c1-21-12-5-3-9(17(19)20)7-13(12)22-14(18)10-4-2-8(15)6-11(10)16/h2-7H,1H3. The SMILES string of the molecule is COc1ccc([N+](=O)[O-])cc1OC(=O)c1ccc(Cl)cc1I. The largest absolute Gasteiger partial charge is 0.493 e. The number of methoxy groups -OCH3 is 1. The minimum atomic E-state index is -0.653. The molecule has 0 amide bonds. The van der Waals surface area contributed by atoms with E-state index in [2.05, 4.69) is 0 Å². The first-order valence-electron chi connectivity index (χ1n) is 5.92. The third-order valence-electron chi connectivity index (χ3n) is 2.71. The van der Waals surface area contributed by atoms with E-state index in [0.29, 0.717) is 14.2 Å². The summed E-state index contributed by atoms with van der Waals surface area (Å²) in [6, 6.07) is 8.47. The number of rotatable bonds is 4. The predicted octanol–water partition coefficient (Wildman–Crippen LogP) is 4.08. The minimum Gasteiger partial charge on any atom is -0.493 e. The molecule has 0 aliphatic carbocycles. The maximum atomic E-state index is 12.2. The number of nitro benzene ring substituents is 1.